The topological polar surface area (TPSA) is 92.3 Å². The van der Waals surface area contributed by atoms with Crippen molar-refractivity contribution in [2.24, 2.45) is 0 Å². The molecule has 0 radical (unpaired) electrons. The minimum absolute atomic E-state index is 0.203. The van der Waals surface area contributed by atoms with Crippen LogP contribution in [0.15, 0.2) is 35.0 Å². The number of hydrogen-bond acceptors (Lipinski definition) is 6. The van der Waals surface area contributed by atoms with Gasteiger partial charge in [0.25, 0.3) is 0 Å². The summed E-state index contributed by atoms with van der Waals surface area (Å²) in [6, 6.07) is 6.52. The molecule has 4 rings (SSSR count). The highest BCUT2D eigenvalue weighted by Crippen LogP contribution is 2.31. The Morgan fingerprint density at radius 3 is 2.62 bits per heavy atom. The fourth-order valence-electron chi connectivity index (χ4n) is 3.01. The van der Waals surface area contributed by atoms with E-state index in [-0.39, 0.29) is 5.56 Å². The molecule has 7 heteroatoms. The van der Waals surface area contributed by atoms with Gasteiger partial charge in [-0.15, -0.1) is 0 Å². The first kappa shape index (κ1) is 14.6. The Balaban J connectivity index is 1.90. The number of carbonyl (C=O) groups is 1. The molecule has 0 aliphatic carbocycles. The highest BCUT2D eigenvalue weighted by Gasteiger charge is 2.21. The molecule has 7 nitrogen and oxygen atoms in total. The maximum atomic E-state index is 11.2. The first-order valence-electron chi connectivity index (χ1n) is 7.93. The van der Waals surface area contributed by atoms with E-state index in [1.54, 1.807) is 24.4 Å². The van der Waals surface area contributed by atoms with Gasteiger partial charge in [0.15, 0.2) is 17.3 Å². The standard InChI is InChI=1S/C17H16N4O3/c22-17(23)11-4-5-12-13(10-11)20-16(21-8-2-1-3-9-21)15(19-12)14-6-7-18-24-14/h4-7,10H,1-3,8-9H2,(H,22,23). The maximum absolute atomic E-state index is 11.2. The van der Waals surface area contributed by atoms with Crippen LogP contribution in [0.1, 0.15) is 29.6 Å². The quantitative estimate of drug-likeness (QED) is 0.791. The molecule has 1 saturated heterocycles. The van der Waals surface area contributed by atoms with Crippen molar-refractivity contribution in [2.75, 3.05) is 18.0 Å². The Morgan fingerprint density at radius 1 is 1.08 bits per heavy atom. The van der Waals surface area contributed by atoms with Crippen LogP contribution >= 0.6 is 0 Å². The second kappa shape index (κ2) is 5.92. The fraction of sp³-hybridized carbons (Fsp3) is 0.294. The summed E-state index contributed by atoms with van der Waals surface area (Å²) in [5.41, 5.74) is 2.05. The lowest BCUT2D eigenvalue weighted by Crippen LogP contribution is -2.30. The zero-order valence-electron chi connectivity index (χ0n) is 13.0. The summed E-state index contributed by atoms with van der Waals surface area (Å²) in [7, 11) is 0. The molecule has 0 unspecified atom stereocenters. The van der Waals surface area contributed by atoms with Crippen molar-refractivity contribution in [3.8, 4) is 11.5 Å². The van der Waals surface area contributed by atoms with Crippen molar-refractivity contribution >= 4 is 22.8 Å². The number of hydrogen-bond donors (Lipinski definition) is 1. The number of nitrogens with zero attached hydrogens (tertiary/aromatic N) is 4. The molecule has 0 atom stereocenters. The highest BCUT2D eigenvalue weighted by atomic mass is 16.5. The minimum atomic E-state index is -0.975. The average molecular weight is 324 g/mol. The van der Waals surface area contributed by atoms with Crippen LogP contribution in [0.5, 0.6) is 0 Å². The van der Waals surface area contributed by atoms with Gasteiger partial charge < -0.3 is 14.5 Å². The molecule has 0 amide bonds. The largest absolute Gasteiger partial charge is 0.478 e. The Labute approximate surface area is 137 Å². The molecule has 1 N–H and O–H groups in total. The number of benzene rings is 1. The summed E-state index contributed by atoms with van der Waals surface area (Å²) < 4.78 is 5.29. The SMILES string of the molecule is O=C(O)c1ccc2nc(-c3ccno3)c(N3CCCCC3)nc2c1. The smallest absolute Gasteiger partial charge is 0.335 e. The zero-order chi connectivity index (χ0) is 16.5. The predicted octanol–water partition coefficient (Wildman–Crippen LogP) is 2.97. The van der Waals surface area contributed by atoms with Crippen molar-refractivity contribution in [2.45, 2.75) is 19.3 Å². The summed E-state index contributed by atoms with van der Waals surface area (Å²) >= 11 is 0. The molecule has 0 bridgehead atoms. The molecular formula is C17H16N4O3. The summed E-state index contributed by atoms with van der Waals surface area (Å²) in [6.07, 6.45) is 4.99. The van der Waals surface area contributed by atoms with Crippen LogP contribution in [0, 0.1) is 0 Å². The molecule has 1 aromatic carbocycles. The van der Waals surface area contributed by atoms with Crippen LogP contribution in [-0.2, 0) is 0 Å². The number of aromatic carboxylic acids is 1. The molecule has 1 aliphatic rings. The van der Waals surface area contributed by atoms with Gasteiger partial charge in [-0.05, 0) is 37.5 Å². The third-order valence-corrected chi connectivity index (χ3v) is 4.22. The number of aromatic nitrogens is 3. The van der Waals surface area contributed by atoms with E-state index in [0.29, 0.717) is 22.5 Å². The number of fused-ring (bicyclic) bond motifs is 1. The van der Waals surface area contributed by atoms with E-state index in [4.69, 9.17) is 9.51 Å². The lowest BCUT2D eigenvalue weighted by molar-refractivity contribution is 0.0697. The third kappa shape index (κ3) is 2.58. The van der Waals surface area contributed by atoms with Crippen LogP contribution in [0.25, 0.3) is 22.5 Å². The van der Waals surface area contributed by atoms with Gasteiger partial charge in [0.1, 0.15) is 0 Å². The summed E-state index contributed by atoms with van der Waals surface area (Å²) in [4.78, 5) is 22.8. The van der Waals surface area contributed by atoms with Crippen LogP contribution < -0.4 is 4.90 Å². The van der Waals surface area contributed by atoms with Gasteiger partial charge >= 0.3 is 5.97 Å². The van der Waals surface area contributed by atoms with Gasteiger partial charge in [-0.3, -0.25) is 0 Å². The Bertz CT molecular complexity index is 886. The Morgan fingerprint density at radius 2 is 1.92 bits per heavy atom. The summed E-state index contributed by atoms with van der Waals surface area (Å²) in [5, 5.41) is 12.9. The third-order valence-electron chi connectivity index (χ3n) is 4.22. The Hall–Kier alpha value is -2.96. The van der Waals surface area contributed by atoms with Crippen LogP contribution in [0.4, 0.5) is 5.82 Å². The van der Waals surface area contributed by atoms with E-state index < -0.39 is 5.97 Å². The van der Waals surface area contributed by atoms with E-state index in [0.717, 1.165) is 31.7 Å². The molecule has 0 saturated carbocycles. The van der Waals surface area contributed by atoms with E-state index in [9.17, 15) is 9.90 Å². The predicted molar refractivity (Wildman–Crippen MR) is 88.1 cm³/mol. The van der Waals surface area contributed by atoms with Gasteiger partial charge in [-0.1, -0.05) is 5.16 Å². The van der Waals surface area contributed by atoms with Gasteiger partial charge in [0, 0.05) is 19.2 Å². The molecule has 2 aromatic heterocycles. The monoisotopic (exact) mass is 324 g/mol. The normalized spacial score (nSPS) is 14.9. The first-order valence-corrected chi connectivity index (χ1v) is 7.93. The number of anilines is 1. The van der Waals surface area contributed by atoms with E-state index in [1.807, 2.05) is 0 Å². The van der Waals surface area contributed by atoms with E-state index in [2.05, 4.69) is 15.0 Å². The number of rotatable bonds is 3. The molecule has 0 spiro atoms. The van der Waals surface area contributed by atoms with Gasteiger partial charge in [-0.25, -0.2) is 14.8 Å². The zero-order valence-corrected chi connectivity index (χ0v) is 13.0. The van der Waals surface area contributed by atoms with Crippen molar-refractivity contribution in [3.05, 3.63) is 36.0 Å². The van der Waals surface area contributed by atoms with Gasteiger partial charge in [0.05, 0.1) is 22.8 Å². The molecule has 1 fully saturated rings. The molecule has 3 heterocycles. The van der Waals surface area contributed by atoms with Crippen molar-refractivity contribution in [1.82, 2.24) is 15.1 Å². The average Bonchev–Trinajstić information content (AvgIpc) is 3.15. The molecule has 122 valence electrons. The van der Waals surface area contributed by atoms with E-state index in [1.165, 1.54) is 12.5 Å². The van der Waals surface area contributed by atoms with Gasteiger partial charge in [0.2, 0.25) is 0 Å². The summed E-state index contributed by atoms with van der Waals surface area (Å²) in [5.74, 6) is 0.311. The number of carboxylic acid groups (broad SMARTS) is 1. The molecule has 24 heavy (non-hydrogen) atoms. The first-order chi connectivity index (χ1) is 11.7. The van der Waals surface area contributed by atoms with E-state index >= 15 is 0 Å². The van der Waals surface area contributed by atoms with Gasteiger partial charge in [-0.2, -0.15) is 0 Å². The molecule has 3 aromatic rings. The fourth-order valence-corrected chi connectivity index (χ4v) is 3.01. The number of carboxylic acids is 1. The Kier molecular flexibility index (Phi) is 3.60. The van der Waals surface area contributed by atoms with Crippen molar-refractivity contribution in [3.63, 3.8) is 0 Å². The van der Waals surface area contributed by atoms with Crippen LogP contribution in [0.3, 0.4) is 0 Å². The molecule has 1 aliphatic heterocycles. The second-order valence-corrected chi connectivity index (χ2v) is 5.83. The minimum Gasteiger partial charge on any atom is -0.478 e. The van der Waals surface area contributed by atoms with Crippen LogP contribution in [0.2, 0.25) is 0 Å². The second-order valence-electron chi connectivity index (χ2n) is 5.83. The van der Waals surface area contributed by atoms with Crippen molar-refractivity contribution < 1.29 is 14.4 Å². The summed E-state index contributed by atoms with van der Waals surface area (Å²) in [6.45, 7) is 1.81. The lowest BCUT2D eigenvalue weighted by Gasteiger charge is -2.28. The molecular weight excluding hydrogens is 308 g/mol. The lowest BCUT2D eigenvalue weighted by atomic mass is 10.1. The van der Waals surface area contributed by atoms with Crippen molar-refractivity contribution in [1.29, 1.82) is 0 Å². The van der Waals surface area contributed by atoms with Crippen LogP contribution in [-0.4, -0.2) is 39.3 Å². The number of piperidine rings is 1. The highest BCUT2D eigenvalue weighted by molar-refractivity contribution is 5.93. The maximum Gasteiger partial charge on any atom is 0.335 e.